The highest BCUT2D eigenvalue weighted by Crippen LogP contribution is 2.16. The van der Waals surface area contributed by atoms with Crippen molar-refractivity contribution in [3.05, 3.63) is 26.6 Å². The zero-order chi connectivity index (χ0) is 12.5. The number of aromatic nitrogens is 1. The van der Waals surface area contributed by atoms with Gasteiger partial charge in [-0.2, -0.15) is 0 Å². The Kier molecular flexibility index (Phi) is 3.80. The Labute approximate surface area is 102 Å². The average molecular weight is 309 g/mol. The summed E-state index contributed by atoms with van der Waals surface area (Å²) in [6.07, 6.45) is 2.60. The molecule has 0 aliphatic heterocycles. The van der Waals surface area contributed by atoms with Crippen LogP contribution in [0.2, 0.25) is 0 Å². The van der Waals surface area contributed by atoms with Gasteiger partial charge in [-0.15, -0.1) is 0 Å². The normalized spacial score (nSPS) is 11.7. The molecule has 1 aromatic rings. The Morgan fingerprint density at radius 3 is 2.56 bits per heavy atom. The fourth-order valence-electron chi connectivity index (χ4n) is 1.17. The van der Waals surface area contributed by atoms with E-state index < -0.39 is 9.84 Å². The number of aryl methyl sites for hydroxylation is 1. The SMILES string of the molecule is Cc1c(N)cn(CCS(C)(=O)=O)c(=O)c1Br. The van der Waals surface area contributed by atoms with Crippen LogP contribution in [0.1, 0.15) is 5.56 Å². The Hall–Kier alpha value is -0.820. The quantitative estimate of drug-likeness (QED) is 0.884. The second-order valence-corrected chi connectivity index (χ2v) is 6.70. The summed E-state index contributed by atoms with van der Waals surface area (Å²) in [4.78, 5) is 11.7. The Bertz CT molecular complexity index is 563. The van der Waals surface area contributed by atoms with Gasteiger partial charge in [0.05, 0.1) is 15.9 Å². The number of nitrogen functional groups attached to an aromatic ring is 1. The standard InChI is InChI=1S/C9H13BrN2O3S/c1-6-7(11)5-12(9(13)8(6)10)3-4-16(2,14)15/h5H,3-4,11H2,1-2H3. The first-order valence-corrected chi connectivity index (χ1v) is 7.40. The molecule has 0 radical (unpaired) electrons. The van der Waals surface area contributed by atoms with Crippen LogP contribution in [0.25, 0.3) is 0 Å². The summed E-state index contributed by atoms with van der Waals surface area (Å²) in [7, 11) is -3.09. The molecule has 0 aromatic carbocycles. The van der Waals surface area contributed by atoms with Crippen molar-refractivity contribution in [3.8, 4) is 0 Å². The fourth-order valence-corrected chi connectivity index (χ4v) is 2.15. The van der Waals surface area contributed by atoms with Crippen LogP contribution in [0.15, 0.2) is 15.5 Å². The van der Waals surface area contributed by atoms with Crippen molar-refractivity contribution in [1.82, 2.24) is 4.57 Å². The van der Waals surface area contributed by atoms with Crippen LogP contribution >= 0.6 is 15.9 Å². The molecular formula is C9H13BrN2O3S. The summed E-state index contributed by atoms with van der Waals surface area (Å²) >= 11 is 3.14. The number of hydrogen-bond donors (Lipinski definition) is 1. The van der Waals surface area contributed by atoms with Crippen molar-refractivity contribution in [2.24, 2.45) is 0 Å². The summed E-state index contributed by atoms with van der Waals surface area (Å²) in [5.74, 6) is -0.0815. The summed E-state index contributed by atoms with van der Waals surface area (Å²) in [5, 5.41) is 0. The predicted octanol–water partition coefficient (Wildman–Crippen LogP) is 0.546. The van der Waals surface area contributed by atoms with Crippen LogP contribution in [-0.2, 0) is 16.4 Å². The van der Waals surface area contributed by atoms with Gasteiger partial charge >= 0.3 is 0 Å². The van der Waals surface area contributed by atoms with E-state index in [0.29, 0.717) is 15.7 Å². The van der Waals surface area contributed by atoms with Gasteiger partial charge in [0.1, 0.15) is 9.84 Å². The first kappa shape index (κ1) is 13.2. The number of nitrogens with two attached hydrogens (primary N) is 1. The lowest BCUT2D eigenvalue weighted by Gasteiger charge is -2.09. The molecule has 1 rings (SSSR count). The van der Waals surface area contributed by atoms with Gasteiger partial charge in [-0.1, -0.05) is 0 Å². The monoisotopic (exact) mass is 308 g/mol. The van der Waals surface area contributed by atoms with Crippen LogP contribution < -0.4 is 11.3 Å². The van der Waals surface area contributed by atoms with Crippen LogP contribution in [0, 0.1) is 6.92 Å². The van der Waals surface area contributed by atoms with Crippen molar-refractivity contribution >= 4 is 31.5 Å². The van der Waals surface area contributed by atoms with Crippen molar-refractivity contribution < 1.29 is 8.42 Å². The summed E-state index contributed by atoms with van der Waals surface area (Å²) in [6.45, 7) is 1.84. The van der Waals surface area contributed by atoms with Gasteiger partial charge < -0.3 is 10.3 Å². The molecule has 0 aliphatic carbocycles. The van der Waals surface area contributed by atoms with E-state index in [0.717, 1.165) is 6.26 Å². The van der Waals surface area contributed by atoms with E-state index in [9.17, 15) is 13.2 Å². The largest absolute Gasteiger partial charge is 0.397 e. The molecule has 16 heavy (non-hydrogen) atoms. The first-order valence-electron chi connectivity index (χ1n) is 4.55. The third-order valence-corrected chi connectivity index (χ3v) is 4.07. The number of sulfone groups is 1. The number of pyridine rings is 1. The molecule has 0 saturated carbocycles. The zero-order valence-corrected chi connectivity index (χ0v) is 11.4. The molecule has 5 nitrogen and oxygen atoms in total. The van der Waals surface area contributed by atoms with Gasteiger partial charge in [-0.3, -0.25) is 4.79 Å². The number of halogens is 1. The lowest BCUT2D eigenvalue weighted by atomic mass is 10.2. The maximum absolute atomic E-state index is 11.7. The number of nitrogens with zero attached hydrogens (tertiary/aromatic N) is 1. The molecule has 0 fully saturated rings. The number of hydrogen-bond acceptors (Lipinski definition) is 4. The highest BCUT2D eigenvalue weighted by atomic mass is 79.9. The van der Waals surface area contributed by atoms with E-state index in [1.54, 1.807) is 6.92 Å². The molecule has 90 valence electrons. The van der Waals surface area contributed by atoms with E-state index in [-0.39, 0.29) is 17.9 Å². The molecular weight excluding hydrogens is 296 g/mol. The minimum atomic E-state index is -3.09. The molecule has 0 amide bonds. The minimum absolute atomic E-state index is 0.0815. The van der Waals surface area contributed by atoms with Gasteiger partial charge in [0, 0.05) is 19.0 Å². The second-order valence-electron chi connectivity index (χ2n) is 3.65. The van der Waals surface area contributed by atoms with Gasteiger partial charge in [0.25, 0.3) is 5.56 Å². The summed E-state index contributed by atoms with van der Waals surface area (Å²) in [6, 6.07) is 0. The van der Waals surface area contributed by atoms with Crippen molar-refractivity contribution in [2.75, 3.05) is 17.7 Å². The first-order chi connectivity index (χ1) is 7.22. The van der Waals surface area contributed by atoms with E-state index in [1.165, 1.54) is 10.8 Å². The molecule has 0 aliphatic rings. The van der Waals surface area contributed by atoms with Crippen LogP contribution in [0.3, 0.4) is 0 Å². The van der Waals surface area contributed by atoms with Crippen LogP contribution in [0.5, 0.6) is 0 Å². The fraction of sp³-hybridized carbons (Fsp3) is 0.444. The molecule has 0 spiro atoms. The smallest absolute Gasteiger partial charge is 0.265 e. The molecule has 0 unspecified atom stereocenters. The molecule has 0 atom stereocenters. The lowest BCUT2D eigenvalue weighted by molar-refractivity contribution is 0.593. The molecule has 1 heterocycles. The van der Waals surface area contributed by atoms with Crippen molar-refractivity contribution in [2.45, 2.75) is 13.5 Å². The number of anilines is 1. The molecule has 2 N–H and O–H groups in total. The summed E-state index contributed by atoms with van der Waals surface area (Å²) < 4.78 is 23.7. The van der Waals surface area contributed by atoms with E-state index in [4.69, 9.17) is 5.73 Å². The Balaban J connectivity index is 3.12. The van der Waals surface area contributed by atoms with Gasteiger partial charge in [-0.05, 0) is 28.4 Å². The third kappa shape index (κ3) is 3.08. The Morgan fingerprint density at radius 1 is 1.50 bits per heavy atom. The summed E-state index contributed by atoms with van der Waals surface area (Å²) in [5.41, 5.74) is 6.55. The van der Waals surface area contributed by atoms with Gasteiger partial charge in [0.15, 0.2) is 0 Å². The predicted molar refractivity (Wildman–Crippen MR) is 67.3 cm³/mol. The topological polar surface area (TPSA) is 82.2 Å². The highest BCUT2D eigenvalue weighted by Gasteiger charge is 2.10. The minimum Gasteiger partial charge on any atom is -0.397 e. The van der Waals surface area contributed by atoms with E-state index in [1.807, 2.05) is 0 Å². The van der Waals surface area contributed by atoms with Crippen molar-refractivity contribution in [3.63, 3.8) is 0 Å². The maximum Gasteiger partial charge on any atom is 0.265 e. The highest BCUT2D eigenvalue weighted by molar-refractivity contribution is 9.10. The van der Waals surface area contributed by atoms with Crippen LogP contribution in [0.4, 0.5) is 5.69 Å². The van der Waals surface area contributed by atoms with E-state index in [2.05, 4.69) is 15.9 Å². The molecule has 1 aromatic heterocycles. The van der Waals surface area contributed by atoms with Crippen molar-refractivity contribution in [1.29, 1.82) is 0 Å². The van der Waals surface area contributed by atoms with Crippen LogP contribution in [-0.4, -0.2) is 25.0 Å². The lowest BCUT2D eigenvalue weighted by Crippen LogP contribution is -2.25. The third-order valence-electron chi connectivity index (χ3n) is 2.21. The van der Waals surface area contributed by atoms with Gasteiger partial charge in [0.2, 0.25) is 0 Å². The second kappa shape index (κ2) is 4.58. The average Bonchev–Trinajstić information content (AvgIpc) is 2.17. The number of rotatable bonds is 3. The zero-order valence-electron chi connectivity index (χ0n) is 9.03. The molecule has 0 saturated heterocycles. The molecule has 7 heteroatoms. The van der Waals surface area contributed by atoms with Gasteiger partial charge in [-0.25, -0.2) is 8.42 Å². The van der Waals surface area contributed by atoms with E-state index >= 15 is 0 Å². The Morgan fingerprint density at radius 2 is 2.06 bits per heavy atom. The molecule has 0 bridgehead atoms. The maximum atomic E-state index is 11.7.